The molecule has 2 N–H and O–H groups in total. The van der Waals surface area contributed by atoms with Crippen molar-refractivity contribution in [3.05, 3.63) is 92.8 Å². The quantitative estimate of drug-likeness (QED) is 0.463. The van der Waals surface area contributed by atoms with E-state index in [1.54, 1.807) is 10.8 Å². The smallest absolute Gasteiger partial charge is 0.328 e. The molecule has 2 aromatic heterocycles. The second-order valence-electron chi connectivity index (χ2n) is 10.2. The number of pyridine rings is 1. The summed E-state index contributed by atoms with van der Waals surface area (Å²) in [4.78, 5) is 34.1. The maximum atomic E-state index is 13.9. The van der Waals surface area contributed by atoms with Gasteiger partial charge in [0.05, 0.1) is 11.1 Å². The van der Waals surface area contributed by atoms with Gasteiger partial charge in [-0.25, -0.2) is 14.3 Å². The zero-order valence-corrected chi connectivity index (χ0v) is 21.1. The first-order chi connectivity index (χ1) is 17.3. The Kier molecular flexibility index (Phi) is 6.60. The van der Waals surface area contributed by atoms with Crippen LogP contribution >= 0.6 is 0 Å². The van der Waals surface area contributed by atoms with Crippen molar-refractivity contribution in [3.63, 3.8) is 0 Å². The van der Waals surface area contributed by atoms with E-state index >= 15 is 0 Å². The van der Waals surface area contributed by atoms with Crippen molar-refractivity contribution in [1.29, 1.82) is 0 Å². The van der Waals surface area contributed by atoms with Crippen LogP contribution in [0.25, 0.3) is 27.8 Å². The summed E-state index contributed by atoms with van der Waals surface area (Å²) in [7, 11) is 4.10. The molecule has 0 radical (unpaired) electrons. The molecule has 0 amide bonds. The van der Waals surface area contributed by atoms with Crippen molar-refractivity contribution in [2.75, 3.05) is 14.1 Å². The van der Waals surface area contributed by atoms with E-state index in [9.17, 15) is 9.59 Å². The molecule has 0 bridgehead atoms. The van der Waals surface area contributed by atoms with E-state index < -0.39 is 0 Å². The highest BCUT2D eigenvalue weighted by atomic mass is 16.2. The molecule has 1 fully saturated rings. The first kappa shape index (κ1) is 24.2. The monoisotopic (exact) mass is 483 g/mol. The summed E-state index contributed by atoms with van der Waals surface area (Å²) in [6.07, 6.45) is 4.76. The molecular formula is C29H33N5O2. The van der Waals surface area contributed by atoms with Gasteiger partial charge < -0.3 is 10.6 Å². The number of nitrogens with zero attached hydrogens (tertiary/aromatic N) is 4. The van der Waals surface area contributed by atoms with E-state index in [0.717, 1.165) is 48.9 Å². The van der Waals surface area contributed by atoms with Crippen LogP contribution in [0.3, 0.4) is 0 Å². The Balaban J connectivity index is 1.66. The average Bonchev–Trinajstić information content (AvgIpc) is 2.86. The highest BCUT2D eigenvalue weighted by Gasteiger charge is 2.25. The Morgan fingerprint density at radius 3 is 2.39 bits per heavy atom. The number of aromatic nitrogens is 3. The second-order valence-corrected chi connectivity index (χ2v) is 10.2. The van der Waals surface area contributed by atoms with E-state index in [2.05, 4.69) is 48.2 Å². The molecule has 0 saturated heterocycles. The predicted octanol–water partition coefficient (Wildman–Crippen LogP) is 4.03. The van der Waals surface area contributed by atoms with Crippen LogP contribution in [-0.2, 0) is 6.54 Å². The average molecular weight is 484 g/mol. The zero-order valence-electron chi connectivity index (χ0n) is 21.1. The van der Waals surface area contributed by atoms with Crippen LogP contribution in [0.1, 0.15) is 42.9 Å². The molecule has 2 aromatic carbocycles. The molecule has 36 heavy (non-hydrogen) atoms. The molecule has 186 valence electrons. The van der Waals surface area contributed by atoms with Crippen LogP contribution in [-0.4, -0.2) is 39.2 Å². The van der Waals surface area contributed by atoms with Crippen LogP contribution in [0.5, 0.6) is 0 Å². The molecule has 2 heterocycles. The number of hydrogen-bond donors (Lipinski definition) is 1. The number of benzene rings is 2. The molecule has 1 aliphatic carbocycles. The van der Waals surface area contributed by atoms with Gasteiger partial charge in [0, 0.05) is 24.8 Å². The molecule has 4 aromatic rings. The van der Waals surface area contributed by atoms with E-state index in [4.69, 9.17) is 5.73 Å². The lowest BCUT2D eigenvalue weighted by Gasteiger charge is -2.28. The molecule has 7 nitrogen and oxygen atoms in total. The highest BCUT2D eigenvalue weighted by molar-refractivity contribution is 5.77. The summed E-state index contributed by atoms with van der Waals surface area (Å²) >= 11 is 0. The highest BCUT2D eigenvalue weighted by Crippen LogP contribution is 2.27. The third-order valence-corrected chi connectivity index (χ3v) is 7.06. The molecule has 1 saturated carbocycles. The number of nitrogens with two attached hydrogens (primary N) is 1. The minimum atomic E-state index is -0.345. The standard InChI is InChI=1S/C29H33N5O2/c1-19-15-26-27(31-17-19)33(29(36)34(28(26)35)24-13-11-23(30)12-14-24)25-6-4-5-22(16-25)21-9-7-20(8-10-21)18-32(2)3/h4-10,15-17,23-24H,11-14,18,30H2,1-3H3. The Hall–Kier alpha value is -3.55. The van der Waals surface area contributed by atoms with E-state index in [-0.39, 0.29) is 23.3 Å². The third kappa shape index (κ3) is 4.64. The van der Waals surface area contributed by atoms with Gasteiger partial charge in [-0.15, -0.1) is 0 Å². The lowest BCUT2D eigenvalue weighted by atomic mass is 9.91. The fourth-order valence-corrected chi connectivity index (χ4v) is 5.22. The first-order valence-electron chi connectivity index (χ1n) is 12.6. The molecule has 7 heteroatoms. The molecule has 1 aliphatic rings. The minimum absolute atomic E-state index is 0.129. The molecule has 0 unspecified atom stereocenters. The van der Waals surface area contributed by atoms with Crippen molar-refractivity contribution in [2.24, 2.45) is 5.73 Å². The van der Waals surface area contributed by atoms with Crippen LogP contribution < -0.4 is 17.0 Å². The van der Waals surface area contributed by atoms with Crippen LogP contribution in [0.2, 0.25) is 0 Å². The fourth-order valence-electron chi connectivity index (χ4n) is 5.22. The van der Waals surface area contributed by atoms with Crippen molar-refractivity contribution in [1.82, 2.24) is 19.0 Å². The summed E-state index contributed by atoms with van der Waals surface area (Å²) in [5.74, 6) is 0. The normalized spacial score (nSPS) is 18.1. The van der Waals surface area contributed by atoms with Crippen LogP contribution in [0, 0.1) is 6.92 Å². The van der Waals surface area contributed by atoms with Gasteiger partial charge in [0.2, 0.25) is 0 Å². The molecule has 0 atom stereocenters. The van der Waals surface area contributed by atoms with Gasteiger partial charge >= 0.3 is 5.69 Å². The largest absolute Gasteiger partial charge is 0.337 e. The van der Waals surface area contributed by atoms with Crippen molar-refractivity contribution in [2.45, 2.75) is 51.2 Å². The van der Waals surface area contributed by atoms with Gasteiger partial charge in [-0.05, 0) is 87.2 Å². The summed E-state index contributed by atoms with van der Waals surface area (Å²) in [6, 6.07) is 18.1. The number of rotatable bonds is 5. The van der Waals surface area contributed by atoms with Gasteiger partial charge in [-0.2, -0.15) is 0 Å². The first-order valence-corrected chi connectivity index (χ1v) is 12.6. The minimum Gasteiger partial charge on any atom is -0.328 e. The van der Waals surface area contributed by atoms with Gasteiger partial charge in [0.1, 0.15) is 0 Å². The van der Waals surface area contributed by atoms with Gasteiger partial charge in [-0.3, -0.25) is 9.36 Å². The summed E-state index contributed by atoms with van der Waals surface area (Å²) in [5, 5.41) is 0.461. The predicted molar refractivity (Wildman–Crippen MR) is 145 cm³/mol. The van der Waals surface area contributed by atoms with Crippen molar-refractivity contribution >= 4 is 11.0 Å². The second kappa shape index (κ2) is 9.84. The number of aryl methyl sites for hydroxylation is 1. The Labute approximate surface area is 210 Å². The van der Waals surface area contributed by atoms with Gasteiger partial charge in [0.25, 0.3) is 5.56 Å². The van der Waals surface area contributed by atoms with Gasteiger partial charge in [0.15, 0.2) is 5.65 Å². The van der Waals surface area contributed by atoms with E-state index in [0.29, 0.717) is 16.7 Å². The molecular weight excluding hydrogens is 450 g/mol. The molecule has 5 rings (SSSR count). The van der Waals surface area contributed by atoms with Crippen molar-refractivity contribution < 1.29 is 0 Å². The summed E-state index contributed by atoms with van der Waals surface area (Å²) < 4.78 is 3.03. The Bertz CT molecular complexity index is 1510. The maximum Gasteiger partial charge on any atom is 0.337 e. The zero-order chi connectivity index (χ0) is 25.4. The van der Waals surface area contributed by atoms with Crippen LogP contribution in [0.4, 0.5) is 0 Å². The lowest BCUT2D eigenvalue weighted by molar-refractivity contribution is 0.309. The third-order valence-electron chi connectivity index (χ3n) is 7.06. The van der Waals surface area contributed by atoms with Crippen molar-refractivity contribution in [3.8, 4) is 16.8 Å². The number of hydrogen-bond acceptors (Lipinski definition) is 5. The maximum absolute atomic E-state index is 13.9. The Morgan fingerprint density at radius 2 is 1.69 bits per heavy atom. The Morgan fingerprint density at radius 1 is 0.972 bits per heavy atom. The SMILES string of the molecule is Cc1cnc2c(c1)c(=O)n(C1CCC(N)CC1)c(=O)n2-c1cccc(-c2ccc(CN(C)C)cc2)c1. The topological polar surface area (TPSA) is 86.1 Å². The summed E-state index contributed by atoms with van der Waals surface area (Å²) in [5.41, 5.74) is 10.8. The molecule has 0 aliphatic heterocycles. The lowest BCUT2D eigenvalue weighted by Crippen LogP contribution is -2.44. The fraction of sp³-hybridized carbons (Fsp3) is 0.345. The molecule has 0 spiro atoms. The summed E-state index contributed by atoms with van der Waals surface area (Å²) in [6.45, 7) is 2.78. The number of fused-ring (bicyclic) bond motifs is 1. The van der Waals surface area contributed by atoms with Crippen LogP contribution in [0.15, 0.2) is 70.4 Å². The van der Waals surface area contributed by atoms with E-state index in [1.165, 1.54) is 10.1 Å². The van der Waals surface area contributed by atoms with Gasteiger partial charge in [-0.1, -0.05) is 36.4 Å². The van der Waals surface area contributed by atoms with E-state index in [1.807, 2.05) is 37.3 Å².